The van der Waals surface area contributed by atoms with Crippen LogP contribution in [0.4, 0.5) is 4.39 Å². The van der Waals surface area contributed by atoms with E-state index < -0.39 is 0 Å². The van der Waals surface area contributed by atoms with Crippen molar-refractivity contribution in [3.8, 4) is 6.07 Å². The summed E-state index contributed by atoms with van der Waals surface area (Å²) in [6.07, 6.45) is 3.50. The van der Waals surface area contributed by atoms with Gasteiger partial charge in [-0.25, -0.2) is 4.39 Å². The molecule has 1 aromatic rings. The van der Waals surface area contributed by atoms with Crippen molar-refractivity contribution in [1.29, 1.82) is 5.26 Å². The number of hydrogen-bond acceptors (Lipinski definition) is 1. The maximum absolute atomic E-state index is 12.9. The zero-order valence-corrected chi connectivity index (χ0v) is 12.2. The molecule has 1 nitrogen and oxygen atoms in total. The minimum Gasteiger partial charge on any atom is -0.207 e. The van der Waals surface area contributed by atoms with Gasteiger partial charge in [-0.3, -0.25) is 0 Å². The second-order valence-electron chi connectivity index (χ2n) is 5.27. The first-order valence-electron chi connectivity index (χ1n) is 6.74. The summed E-state index contributed by atoms with van der Waals surface area (Å²) in [7, 11) is 0. The molecular weight excluding hydrogens is 237 g/mol. The summed E-state index contributed by atoms with van der Waals surface area (Å²) in [5.41, 5.74) is 2.67. The topological polar surface area (TPSA) is 23.8 Å². The highest BCUT2D eigenvalue weighted by Gasteiger charge is 2.28. The van der Waals surface area contributed by atoms with Crippen LogP contribution in [-0.4, -0.2) is 0 Å². The van der Waals surface area contributed by atoms with E-state index in [1.54, 1.807) is 18.2 Å². The van der Waals surface area contributed by atoms with Crippen LogP contribution in [0.3, 0.4) is 0 Å². The first-order chi connectivity index (χ1) is 9.01. The van der Waals surface area contributed by atoms with Gasteiger partial charge >= 0.3 is 0 Å². The summed E-state index contributed by atoms with van der Waals surface area (Å²) in [6.45, 7) is 8.22. The molecule has 0 spiro atoms. The quantitative estimate of drug-likeness (QED) is 0.646. The number of nitrogens with zero attached hydrogens (tertiary/aromatic N) is 1. The van der Waals surface area contributed by atoms with E-state index >= 15 is 0 Å². The number of nitriles is 1. The van der Waals surface area contributed by atoms with Gasteiger partial charge in [-0.05, 0) is 42.9 Å². The van der Waals surface area contributed by atoms with Gasteiger partial charge in [0.25, 0.3) is 0 Å². The van der Waals surface area contributed by atoms with Gasteiger partial charge in [0, 0.05) is 12.8 Å². The molecule has 1 unspecified atom stereocenters. The molecule has 0 heterocycles. The predicted molar refractivity (Wildman–Crippen MR) is 77.1 cm³/mol. The maximum atomic E-state index is 12.9. The van der Waals surface area contributed by atoms with Crippen molar-refractivity contribution < 1.29 is 4.39 Å². The highest BCUT2D eigenvalue weighted by atomic mass is 19.1. The minimum absolute atomic E-state index is 0.151. The Morgan fingerprint density at radius 3 is 2.26 bits per heavy atom. The smallest absolute Gasteiger partial charge is 0.123 e. The second-order valence-corrected chi connectivity index (χ2v) is 5.27. The van der Waals surface area contributed by atoms with E-state index in [-0.39, 0.29) is 5.82 Å². The van der Waals surface area contributed by atoms with Crippen molar-refractivity contribution in [2.24, 2.45) is 11.8 Å². The van der Waals surface area contributed by atoms with E-state index in [9.17, 15) is 4.39 Å². The van der Waals surface area contributed by atoms with Gasteiger partial charge in [0.1, 0.15) is 5.82 Å². The molecular formula is C17H22FN. The van der Waals surface area contributed by atoms with Crippen molar-refractivity contribution in [3.05, 3.63) is 47.3 Å². The molecule has 1 aliphatic carbocycles. The summed E-state index contributed by atoms with van der Waals surface area (Å²) in [6, 6.07) is 8.72. The van der Waals surface area contributed by atoms with E-state index in [1.807, 2.05) is 12.1 Å². The highest BCUT2D eigenvalue weighted by molar-refractivity contribution is 5.31. The summed E-state index contributed by atoms with van der Waals surface area (Å²) < 4.78 is 12.9. The minimum atomic E-state index is -0.151. The zero-order chi connectivity index (χ0) is 14.4. The fourth-order valence-corrected chi connectivity index (χ4v) is 2.69. The second kappa shape index (κ2) is 7.09. The first kappa shape index (κ1) is 15.4. The number of hydrogen-bond donors (Lipinski definition) is 0. The Kier molecular flexibility index (Phi) is 5.76. The Balaban J connectivity index is 0.000000550. The average Bonchev–Trinajstić information content (AvgIpc) is 2.38. The van der Waals surface area contributed by atoms with E-state index in [0.29, 0.717) is 17.8 Å². The SMILES string of the molecule is CC#N.CC1=CC[C@H](C)[C@@H](C)C1c1ccc(F)cc1. The first-order valence-corrected chi connectivity index (χ1v) is 6.74. The van der Waals surface area contributed by atoms with Crippen LogP contribution in [0.15, 0.2) is 35.9 Å². The Labute approximate surface area is 115 Å². The van der Waals surface area contributed by atoms with Crippen LogP contribution in [-0.2, 0) is 0 Å². The van der Waals surface area contributed by atoms with E-state index in [1.165, 1.54) is 24.5 Å². The summed E-state index contributed by atoms with van der Waals surface area (Å²) in [5.74, 6) is 1.65. The van der Waals surface area contributed by atoms with Gasteiger partial charge < -0.3 is 0 Å². The molecule has 0 fully saturated rings. The maximum Gasteiger partial charge on any atom is 0.123 e. The van der Waals surface area contributed by atoms with Crippen molar-refractivity contribution >= 4 is 0 Å². The van der Waals surface area contributed by atoms with Gasteiger partial charge in [-0.1, -0.05) is 37.6 Å². The third-order valence-electron chi connectivity index (χ3n) is 3.95. The van der Waals surface area contributed by atoms with Gasteiger partial charge in [0.05, 0.1) is 6.07 Å². The molecule has 0 N–H and O–H groups in total. The summed E-state index contributed by atoms with van der Waals surface area (Å²) in [4.78, 5) is 0. The average molecular weight is 259 g/mol. The van der Waals surface area contributed by atoms with Gasteiger partial charge in [-0.15, -0.1) is 0 Å². The molecule has 1 aromatic carbocycles. The lowest BCUT2D eigenvalue weighted by molar-refractivity contribution is 0.331. The summed E-state index contributed by atoms with van der Waals surface area (Å²) in [5, 5.41) is 7.32. The highest BCUT2D eigenvalue weighted by Crippen LogP contribution is 2.41. The Morgan fingerprint density at radius 1 is 1.21 bits per heavy atom. The lowest BCUT2D eigenvalue weighted by Gasteiger charge is -2.34. The molecule has 19 heavy (non-hydrogen) atoms. The van der Waals surface area contributed by atoms with Crippen LogP contribution in [0.2, 0.25) is 0 Å². The molecule has 0 aliphatic heterocycles. The Hall–Kier alpha value is -1.62. The van der Waals surface area contributed by atoms with Crippen LogP contribution in [0.5, 0.6) is 0 Å². The molecule has 2 rings (SSSR count). The van der Waals surface area contributed by atoms with Crippen LogP contribution in [0.1, 0.15) is 45.6 Å². The molecule has 0 saturated carbocycles. The van der Waals surface area contributed by atoms with Crippen LogP contribution < -0.4 is 0 Å². The Bertz CT molecular complexity index is 467. The van der Waals surface area contributed by atoms with E-state index in [2.05, 4.69) is 26.8 Å². The van der Waals surface area contributed by atoms with Crippen molar-refractivity contribution in [2.45, 2.75) is 40.0 Å². The lowest BCUT2D eigenvalue weighted by atomic mass is 9.71. The van der Waals surface area contributed by atoms with E-state index in [0.717, 1.165) is 0 Å². The molecule has 0 amide bonds. The van der Waals surface area contributed by atoms with Crippen molar-refractivity contribution in [3.63, 3.8) is 0 Å². The Morgan fingerprint density at radius 2 is 1.74 bits per heavy atom. The zero-order valence-electron chi connectivity index (χ0n) is 12.2. The number of benzene rings is 1. The van der Waals surface area contributed by atoms with Crippen LogP contribution in [0, 0.1) is 29.0 Å². The largest absolute Gasteiger partial charge is 0.207 e. The van der Waals surface area contributed by atoms with Crippen molar-refractivity contribution in [1.82, 2.24) is 0 Å². The van der Waals surface area contributed by atoms with Crippen LogP contribution in [0.25, 0.3) is 0 Å². The van der Waals surface area contributed by atoms with Gasteiger partial charge in [-0.2, -0.15) is 5.26 Å². The third kappa shape index (κ3) is 3.92. The molecule has 1 aliphatic rings. The predicted octanol–water partition coefficient (Wildman–Crippen LogP) is 5.06. The van der Waals surface area contributed by atoms with Gasteiger partial charge in [0.2, 0.25) is 0 Å². The van der Waals surface area contributed by atoms with E-state index in [4.69, 9.17) is 5.26 Å². The standard InChI is InChI=1S/C15H19F.C2H3N/c1-10-4-5-11(2)15(12(10)3)13-6-8-14(16)9-7-13;1-2-3/h5-10,12,15H,4H2,1-3H3;1H3/t10-,12+,15?;/m0./s1. The molecule has 0 radical (unpaired) electrons. The summed E-state index contributed by atoms with van der Waals surface area (Å²) >= 11 is 0. The monoisotopic (exact) mass is 259 g/mol. The third-order valence-corrected chi connectivity index (χ3v) is 3.95. The molecule has 102 valence electrons. The number of allylic oxidation sites excluding steroid dienone is 2. The fourth-order valence-electron chi connectivity index (χ4n) is 2.69. The lowest BCUT2D eigenvalue weighted by Crippen LogP contribution is -2.22. The normalized spacial score (nSPS) is 25.7. The number of halogens is 1. The molecule has 3 atom stereocenters. The van der Waals surface area contributed by atoms with Crippen LogP contribution >= 0.6 is 0 Å². The fraction of sp³-hybridized carbons (Fsp3) is 0.471. The molecule has 0 saturated heterocycles. The molecule has 0 aromatic heterocycles. The number of rotatable bonds is 1. The molecule has 2 heteroatoms. The van der Waals surface area contributed by atoms with Crippen molar-refractivity contribution in [2.75, 3.05) is 0 Å². The molecule has 0 bridgehead atoms. The van der Waals surface area contributed by atoms with Gasteiger partial charge in [0.15, 0.2) is 0 Å².